The minimum Gasteiger partial charge on any atom is -0.258 e. The van der Waals surface area contributed by atoms with E-state index in [0.29, 0.717) is 4.48 Å². The Balaban J connectivity index is 1.89. The largest absolute Gasteiger partial charge is 0.258 e. The zero-order valence-corrected chi connectivity index (χ0v) is 12.3. The molecule has 0 aliphatic carbocycles. The van der Waals surface area contributed by atoms with Gasteiger partial charge in [0.1, 0.15) is 18.4 Å². The molecule has 2 nitrogen and oxygen atoms in total. The van der Waals surface area contributed by atoms with E-state index < -0.39 is 0 Å². The monoisotopic (exact) mass is 285 g/mol. The summed E-state index contributed by atoms with van der Waals surface area (Å²) < 4.78 is 0.689. The number of pyridine rings is 1. The summed E-state index contributed by atoms with van der Waals surface area (Å²) >= 11 is 0. The van der Waals surface area contributed by atoms with Gasteiger partial charge >= 0.3 is 0 Å². The summed E-state index contributed by atoms with van der Waals surface area (Å²) in [5.74, 6) is 0. The summed E-state index contributed by atoms with van der Waals surface area (Å²) in [6.07, 6.45) is 8.28. The van der Waals surface area contributed by atoms with Gasteiger partial charge in [0.15, 0.2) is 5.69 Å². The summed E-state index contributed by atoms with van der Waals surface area (Å²) in [5.41, 5.74) is 5.09. The van der Waals surface area contributed by atoms with Crippen molar-refractivity contribution >= 4 is 17.5 Å². The van der Waals surface area contributed by atoms with Gasteiger partial charge in [-0.05, 0) is 12.1 Å². The van der Waals surface area contributed by atoms with Crippen molar-refractivity contribution < 1.29 is 0 Å². The van der Waals surface area contributed by atoms with Crippen molar-refractivity contribution in [1.29, 1.82) is 0 Å². The number of quaternary nitrogens is 1. The van der Waals surface area contributed by atoms with Gasteiger partial charge in [-0.15, -0.1) is 0 Å². The number of fused-ring (bicyclic) bond motifs is 1. The van der Waals surface area contributed by atoms with Crippen LogP contribution in [0.4, 0.5) is 11.4 Å². The molecule has 1 aliphatic rings. The number of aromatic nitrogens is 1. The smallest absolute Gasteiger partial charge is 0.161 e. The maximum atomic E-state index is 4.34. The highest BCUT2D eigenvalue weighted by Gasteiger charge is 2.37. The van der Waals surface area contributed by atoms with Crippen LogP contribution in [0.1, 0.15) is 11.1 Å². The van der Waals surface area contributed by atoms with Crippen LogP contribution in [0, 0.1) is 0 Å². The Labute approximate surface area is 130 Å². The first kappa shape index (κ1) is 13.0. The molecule has 1 aromatic heterocycles. The van der Waals surface area contributed by atoms with Gasteiger partial charge in [0.05, 0.1) is 6.20 Å². The average Bonchev–Trinajstić information content (AvgIpc) is 2.97. The van der Waals surface area contributed by atoms with Crippen LogP contribution in [0.15, 0.2) is 85.3 Å². The number of para-hydroxylation sites is 1. The number of benzene rings is 2. The topological polar surface area (TPSA) is 12.9 Å². The van der Waals surface area contributed by atoms with Crippen molar-refractivity contribution in [3.8, 4) is 0 Å². The molecule has 3 aromatic rings. The van der Waals surface area contributed by atoms with Crippen LogP contribution in [-0.4, -0.2) is 4.98 Å². The normalized spacial score (nSPS) is 19.1. The van der Waals surface area contributed by atoms with E-state index >= 15 is 0 Å². The minimum atomic E-state index is 0.689. The molecule has 1 atom stereocenters. The van der Waals surface area contributed by atoms with Crippen LogP contribution in [-0.2, 0) is 6.54 Å². The molecule has 2 aromatic carbocycles. The van der Waals surface area contributed by atoms with Crippen molar-refractivity contribution in [2.75, 3.05) is 0 Å². The highest BCUT2D eigenvalue weighted by Crippen LogP contribution is 2.44. The van der Waals surface area contributed by atoms with E-state index in [2.05, 4.69) is 77.9 Å². The molecule has 0 bridgehead atoms. The molecule has 0 saturated carbocycles. The number of hydrogen-bond donors (Lipinski definition) is 0. The summed E-state index contributed by atoms with van der Waals surface area (Å²) in [6, 6.07) is 23.4. The fourth-order valence-corrected chi connectivity index (χ4v) is 3.20. The van der Waals surface area contributed by atoms with E-state index in [-0.39, 0.29) is 0 Å². The Morgan fingerprint density at radius 1 is 0.818 bits per heavy atom. The molecule has 0 spiro atoms. The third-order valence-corrected chi connectivity index (χ3v) is 4.26. The van der Waals surface area contributed by atoms with Gasteiger partial charge in [-0.3, -0.25) is 4.98 Å². The first-order valence-corrected chi connectivity index (χ1v) is 7.50. The van der Waals surface area contributed by atoms with E-state index in [1.807, 2.05) is 18.5 Å². The van der Waals surface area contributed by atoms with E-state index in [1.165, 1.54) is 22.5 Å². The Morgan fingerprint density at radius 3 is 2.45 bits per heavy atom. The summed E-state index contributed by atoms with van der Waals surface area (Å²) in [4.78, 5) is 4.34. The van der Waals surface area contributed by atoms with Gasteiger partial charge in [-0.2, -0.15) is 0 Å². The number of rotatable bonds is 3. The molecule has 1 unspecified atom stereocenters. The van der Waals surface area contributed by atoms with Gasteiger partial charge in [-0.25, -0.2) is 4.48 Å². The van der Waals surface area contributed by atoms with Gasteiger partial charge in [-0.1, -0.05) is 42.5 Å². The highest BCUT2D eigenvalue weighted by atomic mass is 15.4. The maximum absolute atomic E-state index is 4.34. The number of hydrogen-bond acceptors (Lipinski definition) is 1. The van der Waals surface area contributed by atoms with E-state index in [4.69, 9.17) is 0 Å². The second-order valence-electron chi connectivity index (χ2n) is 5.60. The maximum Gasteiger partial charge on any atom is 0.161 e. The second-order valence-corrected chi connectivity index (χ2v) is 5.60. The highest BCUT2D eigenvalue weighted by molar-refractivity contribution is 5.78. The van der Waals surface area contributed by atoms with Crippen molar-refractivity contribution in [1.82, 2.24) is 9.47 Å². The summed E-state index contributed by atoms with van der Waals surface area (Å²) in [7, 11) is 0. The van der Waals surface area contributed by atoms with Crippen molar-refractivity contribution in [2.45, 2.75) is 6.54 Å². The lowest BCUT2D eigenvalue weighted by Crippen LogP contribution is -2.36. The summed E-state index contributed by atoms with van der Waals surface area (Å²) in [6.45, 7) is 0.889. The molecule has 22 heavy (non-hydrogen) atoms. The Hall–Kier alpha value is -2.71. The van der Waals surface area contributed by atoms with Gasteiger partial charge in [0.25, 0.3) is 0 Å². The molecule has 0 radical (unpaired) electrons. The second kappa shape index (κ2) is 5.24. The lowest BCUT2D eigenvalue weighted by Gasteiger charge is -2.31. The Kier molecular flexibility index (Phi) is 3.10. The predicted octanol–water partition coefficient (Wildman–Crippen LogP) is 4.91. The third kappa shape index (κ3) is 2.05. The Morgan fingerprint density at radius 2 is 1.64 bits per heavy atom. The van der Waals surface area contributed by atoms with E-state index in [0.717, 1.165) is 6.54 Å². The zero-order valence-electron chi connectivity index (χ0n) is 12.3. The minimum absolute atomic E-state index is 0.689. The van der Waals surface area contributed by atoms with Crippen LogP contribution >= 0.6 is 0 Å². The molecule has 106 valence electrons. The number of nitrogens with zero attached hydrogens (tertiary/aromatic N) is 2. The first-order chi connectivity index (χ1) is 10.9. The SMILES string of the molecule is C1=C[N+](Cc2ccccc2)(c2cccnc2)c2ccccc21. The zero-order chi connectivity index (χ0) is 14.8. The van der Waals surface area contributed by atoms with Crippen LogP contribution < -0.4 is 4.48 Å². The molecule has 0 N–H and O–H groups in total. The molecule has 0 amide bonds. The van der Waals surface area contributed by atoms with Crippen LogP contribution in [0.25, 0.3) is 6.08 Å². The molecule has 2 heterocycles. The van der Waals surface area contributed by atoms with E-state index in [9.17, 15) is 0 Å². The molecule has 0 fully saturated rings. The molecule has 1 aliphatic heterocycles. The van der Waals surface area contributed by atoms with Crippen LogP contribution in [0.3, 0.4) is 0 Å². The molecular formula is C20H17N2+. The van der Waals surface area contributed by atoms with Crippen LogP contribution in [0.2, 0.25) is 0 Å². The van der Waals surface area contributed by atoms with Crippen molar-refractivity contribution in [2.24, 2.45) is 0 Å². The first-order valence-electron chi connectivity index (χ1n) is 7.50. The van der Waals surface area contributed by atoms with Gasteiger partial charge in [0, 0.05) is 35.5 Å². The third-order valence-electron chi connectivity index (χ3n) is 4.26. The average molecular weight is 285 g/mol. The summed E-state index contributed by atoms with van der Waals surface area (Å²) in [5, 5.41) is 0. The fourth-order valence-electron chi connectivity index (χ4n) is 3.20. The Bertz CT molecular complexity index is 809. The van der Waals surface area contributed by atoms with E-state index in [1.54, 1.807) is 0 Å². The van der Waals surface area contributed by atoms with Crippen LogP contribution in [0.5, 0.6) is 0 Å². The quantitative estimate of drug-likeness (QED) is 0.623. The lowest BCUT2D eigenvalue weighted by atomic mass is 10.1. The lowest BCUT2D eigenvalue weighted by molar-refractivity contribution is 0.506. The molecular weight excluding hydrogens is 268 g/mol. The molecule has 0 saturated heterocycles. The predicted molar refractivity (Wildman–Crippen MR) is 91.3 cm³/mol. The van der Waals surface area contributed by atoms with Gasteiger partial charge in [0.2, 0.25) is 0 Å². The fraction of sp³-hybridized carbons (Fsp3) is 0.0500. The van der Waals surface area contributed by atoms with Crippen molar-refractivity contribution in [3.05, 3.63) is 96.5 Å². The molecule has 4 rings (SSSR count). The standard InChI is InChI=1S/C20H17N2/c1-2-7-17(8-3-1)16-22(19-10-6-13-21-15-19)14-12-18-9-4-5-11-20(18)22/h1-15H,16H2/q+1. The van der Waals surface area contributed by atoms with Gasteiger partial charge < -0.3 is 0 Å². The van der Waals surface area contributed by atoms with Crippen molar-refractivity contribution in [3.63, 3.8) is 0 Å². The molecule has 2 heteroatoms.